The Labute approximate surface area is 85.6 Å². The molecule has 4 heteroatoms. The Morgan fingerprint density at radius 2 is 1.77 bits per heavy atom. The van der Waals surface area contributed by atoms with Crippen molar-refractivity contribution >= 4 is 12.4 Å². The van der Waals surface area contributed by atoms with E-state index in [1.165, 1.54) is 6.42 Å². The summed E-state index contributed by atoms with van der Waals surface area (Å²) >= 11 is 0. The van der Waals surface area contributed by atoms with E-state index in [4.69, 9.17) is 9.47 Å². The third-order valence-corrected chi connectivity index (χ3v) is 2.78. The highest BCUT2D eigenvalue weighted by molar-refractivity contribution is 5.85. The van der Waals surface area contributed by atoms with Crippen LogP contribution < -0.4 is 5.32 Å². The molecule has 3 nitrogen and oxygen atoms in total. The number of hydrogen-bond acceptors (Lipinski definition) is 3. The standard InChI is InChI=1S/C9H17NO2.ClH/c1-8(2)11-6-9(7-12-8)3-4-10-5-9;/h10H,3-7H2,1-2H3;1H. The molecule has 0 saturated carbocycles. The van der Waals surface area contributed by atoms with Crippen molar-refractivity contribution in [3.63, 3.8) is 0 Å². The molecule has 0 atom stereocenters. The fourth-order valence-corrected chi connectivity index (χ4v) is 1.78. The lowest BCUT2D eigenvalue weighted by Crippen LogP contribution is -2.47. The van der Waals surface area contributed by atoms with Crippen molar-refractivity contribution < 1.29 is 9.47 Å². The van der Waals surface area contributed by atoms with E-state index in [1.54, 1.807) is 0 Å². The van der Waals surface area contributed by atoms with E-state index in [1.807, 2.05) is 13.8 Å². The molecule has 0 radical (unpaired) electrons. The van der Waals surface area contributed by atoms with Crippen molar-refractivity contribution in [2.24, 2.45) is 5.41 Å². The second-order valence-corrected chi connectivity index (χ2v) is 4.40. The van der Waals surface area contributed by atoms with Gasteiger partial charge in [0.15, 0.2) is 5.79 Å². The van der Waals surface area contributed by atoms with Gasteiger partial charge >= 0.3 is 0 Å². The van der Waals surface area contributed by atoms with Crippen LogP contribution in [0.4, 0.5) is 0 Å². The SMILES string of the molecule is CC1(C)OCC2(CCNC2)CO1.Cl. The molecule has 0 aromatic carbocycles. The van der Waals surface area contributed by atoms with Crippen LogP contribution in [-0.2, 0) is 9.47 Å². The van der Waals surface area contributed by atoms with Gasteiger partial charge in [0.2, 0.25) is 0 Å². The van der Waals surface area contributed by atoms with E-state index in [0.29, 0.717) is 0 Å². The van der Waals surface area contributed by atoms with Crippen LogP contribution in [0.15, 0.2) is 0 Å². The van der Waals surface area contributed by atoms with Crippen molar-refractivity contribution in [2.75, 3.05) is 26.3 Å². The highest BCUT2D eigenvalue weighted by atomic mass is 35.5. The first kappa shape index (κ1) is 11.2. The zero-order valence-corrected chi connectivity index (χ0v) is 9.08. The van der Waals surface area contributed by atoms with Crippen LogP contribution in [0.25, 0.3) is 0 Å². The molecule has 2 aliphatic rings. The lowest BCUT2D eigenvalue weighted by atomic mass is 9.88. The molecule has 0 bridgehead atoms. The van der Waals surface area contributed by atoms with Crippen LogP contribution in [-0.4, -0.2) is 32.1 Å². The molecule has 0 aromatic rings. The molecule has 0 aliphatic carbocycles. The van der Waals surface area contributed by atoms with E-state index in [2.05, 4.69) is 5.32 Å². The third kappa shape index (κ3) is 2.34. The van der Waals surface area contributed by atoms with E-state index in [0.717, 1.165) is 26.3 Å². The van der Waals surface area contributed by atoms with Gasteiger partial charge in [-0.25, -0.2) is 0 Å². The minimum atomic E-state index is -0.367. The van der Waals surface area contributed by atoms with Crippen molar-refractivity contribution in [2.45, 2.75) is 26.1 Å². The van der Waals surface area contributed by atoms with Crippen molar-refractivity contribution in [1.82, 2.24) is 5.32 Å². The second-order valence-electron chi connectivity index (χ2n) is 4.40. The van der Waals surface area contributed by atoms with Crippen LogP contribution >= 0.6 is 12.4 Å². The zero-order chi connectivity index (χ0) is 8.66. The summed E-state index contributed by atoms with van der Waals surface area (Å²) in [5, 5.41) is 3.35. The summed E-state index contributed by atoms with van der Waals surface area (Å²) in [5.74, 6) is -0.367. The van der Waals surface area contributed by atoms with Gasteiger partial charge in [0, 0.05) is 12.0 Å². The first-order valence-electron chi connectivity index (χ1n) is 4.61. The highest BCUT2D eigenvalue weighted by Gasteiger charge is 2.41. The average Bonchev–Trinajstić information content (AvgIpc) is 2.46. The highest BCUT2D eigenvalue weighted by Crippen LogP contribution is 2.34. The van der Waals surface area contributed by atoms with Gasteiger partial charge in [-0.05, 0) is 26.8 Å². The van der Waals surface area contributed by atoms with E-state index in [9.17, 15) is 0 Å². The molecular formula is C9H18ClNO2. The molecule has 2 aliphatic heterocycles. The monoisotopic (exact) mass is 207 g/mol. The number of halogens is 1. The van der Waals surface area contributed by atoms with E-state index < -0.39 is 0 Å². The lowest BCUT2D eigenvalue weighted by Gasteiger charge is -2.40. The number of rotatable bonds is 0. The molecule has 13 heavy (non-hydrogen) atoms. The van der Waals surface area contributed by atoms with Crippen molar-refractivity contribution in [3.8, 4) is 0 Å². The Hall–Kier alpha value is 0.170. The Bertz CT molecular complexity index is 166. The van der Waals surface area contributed by atoms with Crippen molar-refractivity contribution in [1.29, 1.82) is 0 Å². The molecule has 2 fully saturated rings. The Kier molecular flexibility index (Phi) is 3.23. The third-order valence-electron chi connectivity index (χ3n) is 2.78. The van der Waals surface area contributed by atoms with Crippen LogP contribution in [0.5, 0.6) is 0 Å². The second kappa shape index (κ2) is 3.73. The maximum Gasteiger partial charge on any atom is 0.162 e. The van der Waals surface area contributed by atoms with Gasteiger partial charge < -0.3 is 14.8 Å². The Morgan fingerprint density at radius 1 is 1.15 bits per heavy atom. The predicted octanol–water partition coefficient (Wildman–Crippen LogP) is 1.17. The van der Waals surface area contributed by atoms with Gasteiger partial charge in [-0.3, -0.25) is 0 Å². The molecule has 1 spiro atoms. The summed E-state index contributed by atoms with van der Waals surface area (Å²) in [4.78, 5) is 0. The minimum Gasteiger partial charge on any atom is -0.350 e. The fraction of sp³-hybridized carbons (Fsp3) is 1.00. The van der Waals surface area contributed by atoms with Gasteiger partial charge in [-0.1, -0.05) is 0 Å². The van der Waals surface area contributed by atoms with Gasteiger partial charge in [0.25, 0.3) is 0 Å². The molecule has 1 N–H and O–H groups in total. The summed E-state index contributed by atoms with van der Waals surface area (Å²) in [6.45, 7) is 7.78. The Balaban J connectivity index is 0.000000845. The largest absolute Gasteiger partial charge is 0.350 e. The Morgan fingerprint density at radius 3 is 2.23 bits per heavy atom. The maximum atomic E-state index is 5.64. The molecule has 2 rings (SSSR count). The summed E-state index contributed by atoms with van der Waals surface area (Å²) in [6.07, 6.45) is 1.18. The smallest absolute Gasteiger partial charge is 0.162 e. The molecule has 2 saturated heterocycles. The molecular weight excluding hydrogens is 190 g/mol. The molecule has 78 valence electrons. The summed E-state index contributed by atoms with van der Waals surface area (Å²) in [6, 6.07) is 0. The summed E-state index contributed by atoms with van der Waals surface area (Å²) < 4.78 is 11.3. The maximum absolute atomic E-state index is 5.64. The minimum absolute atomic E-state index is 0. The van der Waals surface area contributed by atoms with Crippen LogP contribution in [0.1, 0.15) is 20.3 Å². The van der Waals surface area contributed by atoms with Crippen LogP contribution in [0, 0.1) is 5.41 Å². The first-order chi connectivity index (χ1) is 5.62. The quantitative estimate of drug-likeness (QED) is 0.647. The first-order valence-corrected chi connectivity index (χ1v) is 4.61. The van der Waals surface area contributed by atoms with Crippen LogP contribution in [0.3, 0.4) is 0 Å². The van der Waals surface area contributed by atoms with Gasteiger partial charge in [0.05, 0.1) is 13.2 Å². The summed E-state index contributed by atoms with van der Waals surface area (Å²) in [7, 11) is 0. The molecule has 0 aromatic heterocycles. The van der Waals surface area contributed by atoms with Gasteiger partial charge in [0.1, 0.15) is 0 Å². The predicted molar refractivity (Wildman–Crippen MR) is 53.2 cm³/mol. The molecule has 0 amide bonds. The average molecular weight is 208 g/mol. The fourth-order valence-electron chi connectivity index (χ4n) is 1.78. The van der Waals surface area contributed by atoms with Crippen LogP contribution in [0.2, 0.25) is 0 Å². The number of nitrogens with one attached hydrogen (secondary N) is 1. The number of hydrogen-bond donors (Lipinski definition) is 1. The van der Waals surface area contributed by atoms with E-state index in [-0.39, 0.29) is 23.6 Å². The normalized spacial score (nSPS) is 30.0. The van der Waals surface area contributed by atoms with Gasteiger partial charge in [-0.15, -0.1) is 12.4 Å². The van der Waals surface area contributed by atoms with Crippen molar-refractivity contribution in [3.05, 3.63) is 0 Å². The lowest BCUT2D eigenvalue weighted by molar-refractivity contribution is -0.281. The van der Waals surface area contributed by atoms with E-state index >= 15 is 0 Å². The number of ether oxygens (including phenoxy) is 2. The van der Waals surface area contributed by atoms with Gasteiger partial charge in [-0.2, -0.15) is 0 Å². The molecule has 0 unspecified atom stereocenters. The topological polar surface area (TPSA) is 30.5 Å². The summed E-state index contributed by atoms with van der Waals surface area (Å²) in [5.41, 5.74) is 0.273. The molecule has 2 heterocycles. The zero-order valence-electron chi connectivity index (χ0n) is 8.26.